The SMILES string of the molecule is CCNC(=NCCc1nc(C(F)(F)F)cs1)N(C)Cc1csc(C)n1.I. The molecule has 2 heterocycles. The molecule has 2 aromatic rings. The Hall–Kier alpha value is -0.950. The molecule has 0 aliphatic heterocycles. The summed E-state index contributed by atoms with van der Waals surface area (Å²) in [5.41, 5.74) is 0.129. The Morgan fingerprint density at radius 3 is 2.54 bits per heavy atom. The van der Waals surface area contributed by atoms with Crippen molar-refractivity contribution < 1.29 is 13.2 Å². The zero-order valence-corrected chi connectivity index (χ0v) is 18.6. The molecule has 0 aliphatic rings. The van der Waals surface area contributed by atoms with Crippen molar-refractivity contribution in [3.8, 4) is 0 Å². The van der Waals surface area contributed by atoms with Crippen LogP contribution in [0.3, 0.4) is 0 Å². The predicted molar refractivity (Wildman–Crippen MR) is 111 cm³/mol. The highest BCUT2D eigenvalue weighted by Crippen LogP contribution is 2.30. The van der Waals surface area contributed by atoms with E-state index in [-0.39, 0.29) is 24.0 Å². The zero-order valence-electron chi connectivity index (χ0n) is 14.6. The lowest BCUT2D eigenvalue weighted by molar-refractivity contribution is -0.140. The first-order chi connectivity index (χ1) is 11.8. The monoisotopic (exact) mass is 519 g/mol. The Bertz CT molecular complexity index is 714. The number of guanidine groups is 1. The predicted octanol–water partition coefficient (Wildman–Crippen LogP) is 4.18. The summed E-state index contributed by atoms with van der Waals surface area (Å²) in [7, 11) is 1.90. The van der Waals surface area contributed by atoms with Gasteiger partial charge in [-0.25, -0.2) is 9.97 Å². The Balaban J connectivity index is 0.00000338. The third-order valence-electron chi connectivity index (χ3n) is 3.19. The molecule has 0 fully saturated rings. The highest BCUT2D eigenvalue weighted by molar-refractivity contribution is 14.0. The molecule has 0 amide bonds. The van der Waals surface area contributed by atoms with Gasteiger partial charge in [0, 0.05) is 37.3 Å². The van der Waals surface area contributed by atoms with Crippen molar-refractivity contribution in [2.45, 2.75) is 33.0 Å². The van der Waals surface area contributed by atoms with Gasteiger partial charge in [-0.05, 0) is 13.8 Å². The Morgan fingerprint density at radius 2 is 2.00 bits per heavy atom. The van der Waals surface area contributed by atoms with Gasteiger partial charge in [0.15, 0.2) is 11.7 Å². The van der Waals surface area contributed by atoms with E-state index in [2.05, 4.69) is 20.3 Å². The first-order valence-electron chi connectivity index (χ1n) is 7.71. The normalized spacial score (nSPS) is 12.0. The summed E-state index contributed by atoms with van der Waals surface area (Å²) in [6, 6.07) is 0. The van der Waals surface area contributed by atoms with Gasteiger partial charge in [-0.3, -0.25) is 4.99 Å². The molecule has 2 rings (SSSR count). The van der Waals surface area contributed by atoms with Crippen LogP contribution in [-0.4, -0.2) is 41.0 Å². The Kier molecular flexibility index (Phi) is 9.24. The molecule has 0 saturated heterocycles. The van der Waals surface area contributed by atoms with Crippen molar-refractivity contribution in [3.05, 3.63) is 32.2 Å². The molecule has 0 aromatic carbocycles. The molecule has 2 aromatic heterocycles. The lowest BCUT2D eigenvalue weighted by atomic mass is 10.4. The lowest BCUT2D eigenvalue weighted by Crippen LogP contribution is -2.38. The summed E-state index contributed by atoms with van der Waals surface area (Å²) in [6.45, 7) is 5.61. The second-order valence-electron chi connectivity index (χ2n) is 5.32. The van der Waals surface area contributed by atoms with E-state index in [1.807, 2.05) is 31.2 Å². The molecule has 146 valence electrons. The van der Waals surface area contributed by atoms with Crippen LogP contribution in [0.4, 0.5) is 13.2 Å². The number of rotatable bonds is 6. The third-order valence-corrected chi connectivity index (χ3v) is 4.92. The fourth-order valence-corrected chi connectivity index (χ4v) is 3.48. The molecule has 0 unspecified atom stereocenters. The number of halogens is 4. The molecule has 11 heteroatoms. The smallest absolute Gasteiger partial charge is 0.357 e. The summed E-state index contributed by atoms with van der Waals surface area (Å²) >= 11 is 2.61. The van der Waals surface area contributed by atoms with Gasteiger partial charge >= 0.3 is 6.18 Å². The number of thiazole rings is 2. The van der Waals surface area contributed by atoms with E-state index < -0.39 is 11.9 Å². The van der Waals surface area contributed by atoms with Crippen LogP contribution in [0, 0.1) is 6.92 Å². The summed E-state index contributed by atoms with van der Waals surface area (Å²) in [5.74, 6) is 0.695. The number of aliphatic imine (C=N–C) groups is 1. The van der Waals surface area contributed by atoms with Gasteiger partial charge in [0.25, 0.3) is 0 Å². The molecule has 5 nitrogen and oxygen atoms in total. The molecular formula is C15H21F3IN5S2. The highest BCUT2D eigenvalue weighted by atomic mass is 127. The number of aromatic nitrogens is 2. The average molecular weight is 519 g/mol. The van der Waals surface area contributed by atoms with Crippen LogP contribution in [0.5, 0.6) is 0 Å². The highest BCUT2D eigenvalue weighted by Gasteiger charge is 2.33. The third kappa shape index (κ3) is 6.99. The van der Waals surface area contributed by atoms with Gasteiger partial charge in [-0.2, -0.15) is 13.2 Å². The van der Waals surface area contributed by atoms with Gasteiger partial charge in [0.2, 0.25) is 0 Å². The first kappa shape index (κ1) is 23.1. The van der Waals surface area contributed by atoms with E-state index in [4.69, 9.17) is 0 Å². The zero-order chi connectivity index (χ0) is 18.4. The van der Waals surface area contributed by atoms with Crippen molar-refractivity contribution in [2.75, 3.05) is 20.1 Å². The van der Waals surface area contributed by atoms with Crippen LogP contribution >= 0.6 is 46.7 Å². The van der Waals surface area contributed by atoms with E-state index in [0.29, 0.717) is 37.0 Å². The molecule has 0 radical (unpaired) electrons. The van der Waals surface area contributed by atoms with Crippen molar-refractivity contribution in [1.29, 1.82) is 0 Å². The maximum Gasteiger partial charge on any atom is 0.434 e. The molecule has 0 spiro atoms. The number of alkyl halides is 3. The Morgan fingerprint density at radius 1 is 1.27 bits per heavy atom. The van der Waals surface area contributed by atoms with Gasteiger partial charge < -0.3 is 10.2 Å². The van der Waals surface area contributed by atoms with Crippen molar-refractivity contribution >= 4 is 52.6 Å². The number of hydrogen-bond acceptors (Lipinski definition) is 5. The van der Waals surface area contributed by atoms with E-state index >= 15 is 0 Å². The van der Waals surface area contributed by atoms with Gasteiger partial charge in [-0.15, -0.1) is 46.7 Å². The van der Waals surface area contributed by atoms with E-state index in [0.717, 1.165) is 27.4 Å². The molecule has 0 aliphatic carbocycles. The summed E-state index contributed by atoms with van der Waals surface area (Å²) in [4.78, 5) is 14.5. The van der Waals surface area contributed by atoms with E-state index in [1.165, 1.54) is 0 Å². The van der Waals surface area contributed by atoms with Crippen LogP contribution < -0.4 is 5.32 Å². The van der Waals surface area contributed by atoms with Crippen LogP contribution in [-0.2, 0) is 19.1 Å². The van der Waals surface area contributed by atoms with Crippen LogP contribution in [0.1, 0.15) is 28.3 Å². The number of aryl methyl sites for hydroxylation is 1. The van der Waals surface area contributed by atoms with Crippen molar-refractivity contribution in [3.63, 3.8) is 0 Å². The molecule has 0 bridgehead atoms. The minimum absolute atomic E-state index is 0. The summed E-state index contributed by atoms with van der Waals surface area (Å²) in [5, 5.41) is 7.67. The summed E-state index contributed by atoms with van der Waals surface area (Å²) < 4.78 is 37.7. The average Bonchev–Trinajstić information content (AvgIpc) is 3.15. The van der Waals surface area contributed by atoms with Crippen LogP contribution in [0.2, 0.25) is 0 Å². The fourth-order valence-electron chi connectivity index (χ4n) is 2.08. The second kappa shape index (κ2) is 10.4. The van der Waals surface area contributed by atoms with E-state index in [9.17, 15) is 13.2 Å². The quantitative estimate of drug-likeness (QED) is 0.354. The molecule has 1 N–H and O–H groups in total. The van der Waals surface area contributed by atoms with Crippen molar-refractivity contribution in [1.82, 2.24) is 20.2 Å². The maximum atomic E-state index is 12.6. The van der Waals surface area contributed by atoms with Crippen LogP contribution in [0.15, 0.2) is 15.8 Å². The number of hydrogen-bond donors (Lipinski definition) is 1. The minimum atomic E-state index is -4.39. The van der Waals surface area contributed by atoms with Gasteiger partial charge in [0.1, 0.15) is 0 Å². The summed E-state index contributed by atoms with van der Waals surface area (Å²) in [6.07, 6.45) is -4.02. The fraction of sp³-hybridized carbons (Fsp3) is 0.533. The molecule has 26 heavy (non-hydrogen) atoms. The molecule has 0 saturated carbocycles. The molecule has 0 atom stereocenters. The number of nitrogens with one attached hydrogen (secondary N) is 1. The van der Waals surface area contributed by atoms with Crippen molar-refractivity contribution in [2.24, 2.45) is 4.99 Å². The number of nitrogens with zero attached hydrogens (tertiary/aromatic N) is 4. The lowest BCUT2D eigenvalue weighted by Gasteiger charge is -2.21. The maximum absolute atomic E-state index is 12.6. The van der Waals surface area contributed by atoms with E-state index in [1.54, 1.807) is 11.3 Å². The largest absolute Gasteiger partial charge is 0.434 e. The van der Waals surface area contributed by atoms with Gasteiger partial charge in [-0.1, -0.05) is 0 Å². The van der Waals surface area contributed by atoms with Gasteiger partial charge in [0.05, 0.1) is 22.3 Å². The Labute approximate surface area is 175 Å². The standard InChI is InChI=1S/C15H20F3N5S2.HI/c1-4-19-14(23(3)7-11-8-24-10(2)21-11)20-6-5-13-22-12(9-25-13)15(16,17)18;/h8-9H,4-7H2,1-3H3,(H,19,20);1H. The molecular weight excluding hydrogens is 498 g/mol. The minimum Gasteiger partial charge on any atom is -0.357 e. The topological polar surface area (TPSA) is 53.4 Å². The second-order valence-corrected chi connectivity index (χ2v) is 7.33. The first-order valence-corrected chi connectivity index (χ1v) is 9.47. The van der Waals surface area contributed by atoms with Crippen LogP contribution in [0.25, 0.3) is 0 Å².